The van der Waals surface area contributed by atoms with E-state index in [4.69, 9.17) is 11.2 Å². The van der Waals surface area contributed by atoms with Crippen molar-refractivity contribution in [2.24, 2.45) is 5.92 Å². The van der Waals surface area contributed by atoms with E-state index in [0.29, 0.717) is 5.75 Å². The number of fused-ring (bicyclic) bond motifs is 1. The minimum Gasteiger partial charge on any atom is -0.497 e. The second-order valence-corrected chi connectivity index (χ2v) is 6.42. The Balaban J connectivity index is 2.12. The number of ether oxygens (including phenoxy) is 1. The standard InChI is InChI=1S/C21H18F3NO2/c1-3-5-15-16(13-8-10-14(27-2)11-9-13)12-17-18(21(22,23)24)6-4-7-19(17)25-20(15)26/h1,4,6-11,15-16H,5,12H2,2H3,(H,25,26)/t15-,16+/m0/s1. The number of alkyl halides is 3. The molecule has 140 valence electrons. The molecule has 0 unspecified atom stereocenters. The van der Waals surface area contributed by atoms with Crippen molar-refractivity contribution in [3.8, 4) is 18.1 Å². The monoisotopic (exact) mass is 373 g/mol. The van der Waals surface area contributed by atoms with Crippen molar-refractivity contribution in [2.75, 3.05) is 12.4 Å². The number of hydrogen-bond acceptors (Lipinski definition) is 2. The molecule has 0 radical (unpaired) electrons. The first-order valence-electron chi connectivity index (χ1n) is 8.42. The van der Waals surface area contributed by atoms with Crippen molar-refractivity contribution >= 4 is 11.6 Å². The van der Waals surface area contributed by atoms with Crippen LogP contribution in [-0.2, 0) is 17.4 Å². The van der Waals surface area contributed by atoms with Gasteiger partial charge in [-0.1, -0.05) is 18.2 Å². The van der Waals surface area contributed by atoms with Crippen LogP contribution in [0.25, 0.3) is 0 Å². The van der Waals surface area contributed by atoms with E-state index in [0.717, 1.165) is 11.6 Å². The van der Waals surface area contributed by atoms with Gasteiger partial charge in [0.15, 0.2) is 0 Å². The summed E-state index contributed by atoms with van der Waals surface area (Å²) >= 11 is 0. The van der Waals surface area contributed by atoms with E-state index >= 15 is 0 Å². The van der Waals surface area contributed by atoms with Crippen LogP contribution in [0.5, 0.6) is 5.75 Å². The van der Waals surface area contributed by atoms with Gasteiger partial charge in [-0.2, -0.15) is 13.2 Å². The first-order valence-corrected chi connectivity index (χ1v) is 8.42. The number of hydrogen-bond donors (Lipinski definition) is 1. The molecule has 2 atom stereocenters. The molecule has 1 aliphatic rings. The zero-order valence-electron chi connectivity index (χ0n) is 14.6. The quantitative estimate of drug-likeness (QED) is 0.797. The Morgan fingerprint density at radius 3 is 2.52 bits per heavy atom. The second-order valence-electron chi connectivity index (χ2n) is 6.42. The van der Waals surface area contributed by atoms with E-state index in [1.54, 1.807) is 24.3 Å². The number of rotatable bonds is 3. The van der Waals surface area contributed by atoms with E-state index in [-0.39, 0.29) is 30.0 Å². The number of amides is 1. The summed E-state index contributed by atoms with van der Waals surface area (Å²) in [7, 11) is 1.53. The van der Waals surface area contributed by atoms with Crippen LogP contribution in [0.2, 0.25) is 0 Å². The molecule has 0 aromatic heterocycles. The minimum atomic E-state index is -4.51. The summed E-state index contributed by atoms with van der Waals surface area (Å²) in [5, 5.41) is 2.63. The minimum absolute atomic E-state index is 0.0580. The molecular weight excluding hydrogens is 355 g/mol. The Kier molecular flexibility index (Phi) is 5.13. The number of carbonyl (C=O) groups is 1. The molecule has 0 aliphatic carbocycles. The van der Waals surface area contributed by atoms with E-state index in [1.807, 2.05) is 0 Å². The summed E-state index contributed by atoms with van der Waals surface area (Å²) in [4.78, 5) is 12.7. The van der Waals surface area contributed by atoms with Gasteiger partial charge in [-0.25, -0.2) is 0 Å². The molecule has 1 N–H and O–H groups in total. The van der Waals surface area contributed by atoms with Crippen LogP contribution in [0.1, 0.15) is 29.0 Å². The van der Waals surface area contributed by atoms with Gasteiger partial charge in [0.2, 0.25) is 5.91 Å². The summed E-state index contributed by atoms with van der Waals surface area (Å²) < 4.78 is 45.7. The summed E-state index contributed by atoms with van der Waals surface area (Å²) in [6.45, 7) is 0. The van der Waals surface area contributed by atoms with Gasteiger partial charge in [0.05, 0.1) is 18.6 Å². The highest BCUT2D eigenvalue weighted by Crippen LogP contribution is 2.42. The predicted octanol–water partition coefficient (Wildman–Crippen LogP) is 4.63. The molecule has 0 spiro atoms. The van der Waals surface area contributed by atoms with Gasteiger partial charge in [0, 0.05) is 18.0 Å². The third-order valence-electron chi connectivity index (χ3n) is 4.87. The maximum atomic E-state index is 13.5. The van der Waals surface area contributed by atoms with E-state index in [2.05, 4.69) is 11.2 Å². The molecule has 2 aromatic rings. The van der Waals surface area contributed by atoms with Gasteiger partial charge < -0.3 is 10.1 Å². The van der Waals surface area contributed by atoms with Crippen molar-refractivity contribution in [1.82, 2.24) is 0 Å². The fraction of sp³-hybridized carbons (Fsp3) is 0.286. The van der Waals surface area contributed by atoms with Crippen molar-refractivity contribution in [1.29, 1.82) is 0 Å². The van der Waals surface area contributed by atoms with Crippen molar-refractivity contribution in [3.63, 3.8) is 0 Å². The fourth-order valence-electron chi connectivity index (χ4n) is 3.52. The second kappa shape index (κ2) is 7.36. The average Bonchev–Trinajstić information content (AvgIpc) is 2.78. The van der Waals surface area contributed by atoms with Crippen molar-refractivity contribution in [3.05, 3.63) is 59.2 Å². The van der Waals surface area contributed by atoms with Crippen LogP contribution in [-0.4, -0.2) is 13.0 Å². The third-order valence-corrected chi connectivity index (χ3v) is 4.87. The van der Waals surface area contributed by atoms with E-state index in [9.17, 15) is 18.0 Å². The third kappa shape index (κ3) is 3.77. The highest BCUT2D eigenvalue weighted by atomic mass is 19.4. The van der Waals surface area contributed by atoms with Gasteiger partial charge in [-0.05, 0) is 41.8 Å². The van der Waals surface area contributed by atoms with Gasteiger partial charge >= 0.3 is 6.18 Å². The Morgan fingerprint density at radius 2 is 1.93 bits per heavy atom. The summed E-state index contributed by atoms with van der Waals surface area (Å²) in [5.41, 5.74) is 0.280. The Morgan fingerprint density at radius 1 is 1.22 bits per heavy atom. The number of halogens is 3. The lowest BCUT2D eigenvalue weighted by atomic mass is 9.79. The topological polar surface area (TPSA) is 38.3 Å². The largest absolute Gasteiger partial charge is 0.497 e. The molecular formula is C21H18F3NO2. The van der Waals surface area contributed by atoms with Gasteiger partial charge in [0.25, 0.3) is 0 Å². The van der Waals surface area contributed by atoms with Gasteiger partial charge in [-0.3, -0.25) is 4.79 Å². The molecule has 3 nitrogen and oxygen atoms in total. The summed E-state index contributed by atoms with van der Waals surface area (Å²) in [6, 6.07) is 10.8. The summed E-state index contributed by atoms with van der Waals surface area (Å²) in [6.07, 6.45) is 1.12. The lowest BCUT2D eigenvalue weighted by Crippen LogP contribution is -2.26. The smallest absolute Gasteiger partial charge is 0.416 e. The van der Waals surface area contributed by atoms with Gasteiger partial charge in [0.1, 0.15) is 5.75 Å². The fourth-order valence-corrected chi connectivity index (χ4v) is 3.52. The molecule has 1 aliphatic heterocycles. The van der Waals surface area contributed by atoms with Crippen LogP contribution in [0.4, 0.5) is 18.9 Å². The van der Waals surface area contributed by atoms with Crippen LogP contribution >= 0.6 is 0 Å². The number of terminal acetylenes is 1. The molecule has 6 heteroatoms. The molecule has 1 amide bonds. The number of anilines is 1. The molecule has 0 saturated carbocycles. The average molecular weight is 373 g/mol. The number of benzene rings is 2. The normalized spacial score (nSPS) is 19.4. The first-order chi connectivity index (χ1) is 12.8. The highest BCUT2D eigenvalue weighted by molar-refractivity contribution is 5.95. The van der Waals surface area contributed by atoms with Crippen molar-refractivity contribution < 1.29 is 22.7 Å². The molecule has 0 saturated heterocycles. The summed E-state index contributed by atoms with van der Waals surface area (Å²) in [5.74, 6) is 1.64. The Labute approximate surface area is 155 Å². The lowest BCUT2D eigenvalue weighted by molar-refractivity contribution is -0.138. The molecule has 0 bridgehead atoms. The molecule has 2 aromatic carbocycles. The molecule has 27 heavy (non-hydrogen) atoms. The Bertz CT molecular complexity index is 882. The zero-order chi connectivity index (χ0) is 19.6. The molecule has 1 heterocycles. The zero-order valence-corrected chi connectivity index (χ0v) is 14.6. The lowest BCUT2D eigenvalue weighted by Gasteiger charge is -2.23. The molecule has 0 fully saturated rings. The number of methoxy groups -OCH3 is 1. The SMILES string of the molecule is C#CC[C@@H]1C(=O)Nc2cccc(C(F)(F)F)c2C[C@@H]1c1ccc(OC)cc1. The molecule has 3 rings (SSSR count). The van der Waals surface area contributed by atoms with E-state index in [1.165, 1.54) is 19.2 Å². The maximum absolute atomic E-state index is 13.5. The number of carbonyl (C=O) groups excluding carboxylic acids is 1. The van der Waals surface area contributed by atoms with Crippen molar-refractivity contribution in [2.45, 2.75) is 24.9 Å². The van der Waals surface area contributed by atoms with Crippen LogP contribution in [0.3, 0.4) is 0 Å². The first kappa shape index (κ1) is 18.8. The van der Waals surface area contributed by atoms with Crippen LogP contribution in [0.15, 0.2) is 42.5 Å². The predicted molar refractivity (Wildman–Crippen MR) is 96.5 cm³/mol. The number of nitrogens with one attached hydrogen (secondary N) is 1. The maximum Gasteiger partial charge on any atom is 0.416 e. The van der Waals surface area contributed by atoms with Crippen LogP contribution < -0.4 is 10.1 Å². The van der Waals surface area contributed by atoms with E-state index < -0.39 is 23.6 Å². The van der Waals surface area contributed by atoms with Gasteiger partial charge in [-0.15, -0.1) is 12.3 Å². The van der Waals surface area contributed by atoms with Crippen LogP contribution in [0, 0.1) is 18.3 Å². The highest BCUT2D eigenvalue weighted by Gasteiger charge is 2.39. The Hall–Kier alpha value is -2.94.